The third kappa shape index (κ3) is 9.47. The molecule has 6 rings (SSSR count). The molecule has 0 atom stereocenters. The Labute approximate surface area is 270 Å². The van der Waals surface area contributed by atoms with E-state index in [-0.39, 0.29) is 0 Å². The molecular weight excluding hydrogens is 566 g/mol. The van der Waals surface area contributed by atoms with Crippen molar-refractivity contribution < 1.29 is 4.79 Å². The molecule has 0 unspecified atom stereocenters. The maximum absolute atomic E-state index is 10.8. The van der Waals surface area contributed by atoms with E-state index in [1.165, 1.54) is 22.3 Å². The number of nitriles is 1. The molecule has 0 amide bonds. The molecular formula is C40H35N5O. The van der Waals surface area contributed by atoms with Crippen LogP contribution in [0.5, 0.6) is 0 Å². The van der Waals surface area contributed by atoms with Crippen molar-refractivity contribution in [2.45, 2.75) is 26.2 Å². The van der Waals surface area contributed by atoms with Crippen LogP contribution in [0.3, 0.4) is 0 Å². The zero-order chi connectivity index (χ0) is 31.8. The van der Waals surface area contributed by atoms with Crippen molar-refractivity contribution >= 4 is 17.7 Å². The van der Waals surface area contributed by atoms with Crippen LogP contribution >= 0.6 is 0 Å². The highest BCUT2D eigenvalue weighted by Gasteiger charge is 2.11. The smallest absolute Gasteiger partial charge is 0.168 e. The second-order valence-corrected chi connectivity index (χ2v) is 10.7. The lowest BCUT2D eigenvalue weighted by Crippen LogP contribution is -2.22. The lowest BCUT2D eigenvalue weighted by atomic mass is 10.1. The summed E-state index contributed by atoms with van der Waals surface area (Å²) in [5, 5.41) is 8.91. The van der Waals surface area contributed by atoms with Gasteiger partial charge in [-0.05, 0) is 46.5 Å². The first-order chi connectivity index (χ1) is 22.7. The van der Waals surface area contributed by atoms with Crippen LogP contribution in [0.15, 0.2) is 158 Å². The van der Waals surface area contributed by atoms with Crippen molar-refractivity contribution in [3.05, 3.63) is 192 Å². The Balaban J connectivity index is 0.000000181. The summed E-state index contributed by atoms with van der Waals surface area (Å²) < 4.78 is 0. The molecule has 2 aromatic heterocycles. The van der Waals surface area contributed by atoms with E-state index in [2.05, 4.69) is 74.4 Å². The number of hydrogen-bond acceptors (Lipinski definition) is 6. The van der Waals surface area contributed by atoms with Crippen molar-refractivity contribution in [2.24, 2.45) is 0 Å². The third-order valence-corrected chi connectivity index (χ3v) is 7.35. The second-order valence-electron chi connectivity index (χ2n) is 10.7. The SMILES string of the molecule is N#Cc1ccc(N(Cc2ccccc2)Cc2ccccc2)cn1.O=Cc1ccc(N(Cc2ccccc2)Cc2ccccc2)cn1. The summed E-state index contributed by atoms with van der Waals surface area (Å²) in [6.45, 7) is 3.17. The second kappa shape index (κ2) is 16.7. The van der Waals surface area contributed by atoms with Crippen LogP contribution in [0, 0.1) is 11.3 Å². The Morgan fingerprint density at radius 2 is 0.870 bits per heavy atom. The fourth-order valence-electron chi connectivity index (χ4n) is 4.99. The molecule has 0 N–H and O–H groups in total. The maximum atomic E-state index is 10.8. The van der Waals surface area contributed by atoms with Crippen molar-refractivity contribution in [1.29, 1.82) is 5.26 Å². The highest BCUT2D eigenvalue weighted by atomic mass is 16.1. The molecule has 4 aromatic carbocycles. The van der Waals surface area contributed by atoms with Gasteiger partial charge in [-0.3, -0.25) is 9.78 Å². The molecule has 0 aliphatic carbocycles. The highest BCUT2D eigenvalue weighted by Crippen LogP contribution is 2.21. The van der Waals surface area contributed by atoms with Gasteiger partial charge in [-0.15, -0.1) is 0 Å². The van der Waals surface area contributed by atoms with Crippen LogP contribution in [0.25, 0.3) is 0 Å². The molecule has 0 spiro atoms. The standard InChI is InChI=1S/C20H17N3.C20H18N2O/c21-13-19-11-12-20(14-22-19)23(15-17-7-3-1-4-8-17)16-18-9-5-2-6-10-18;23-16-19-11-12-20(13-21-19)22(14-17-7-3-1-4-8-17)15-18-9-5-2-6-10-18/h1-12,14H,15-16H2;1-13,16H,14-15H2. The Morgan fingerprint density at radius 1 is 0.500 bits per heavy atom. The Morgan fingerprint density at radius 3 is 1.15 bits per heavy atom. The van der Waals surface area contributed by atoms with Crippen molar-refractivity contribution in [3.8, 4) is 6.07 Å². The number of pyridine rings is 2. The van der Waals surface area contributed by atoms with Crippen LogP contribution in [0.1, 0.15) is 38.4 Å². The summed E-state index contributed by atoms with van der Waals surface area (Å²) in [5.74, 6) is 0. The summed E-state index contributed by atoms with van der Waals surface area (Å²) in [6.07, 6.45) is 4.29. The highest BCUT2D eigenvalue weighted by molar-refractivity contribution is 5.72. The number of nitrogens with zero attached hydrogens (tertiary/aromatic N) is 5. The minimum atomic E-state index is 0.438. The first-order valence-electron chi connectivity index (χ1n) is 15.1. The molecule has 46 heavy (non-hydrogen) atoms. The quantitative estimate of drug-likeness (QED) is 0.139. The lowest BCUT2D eigenvalue weighted by Gasteiger charge is -2.25. The van der Waals surface area contributed by atoms with Crippen LogP contribution in [0.4, 0.5) is 11.4 Å². The van der Waals surface area contributed by atoms with Gasteiger partial charge in [0, 0.05) is 26.2 Å². The van der Waals surface area contributed by atoms with Gasteiger partial charge in [0.05, 0.1) is 23.8 Å². The lowest BCUT2D eigenvalue weighted by molar-refractivity contribution is 0.111. The van der Waals surface area contributed by atoms with Gasteiger partial charge in [0.25, 0.3) is 0 Å². The van der Waals surface area contributed by atoms with Crippen LogP contribution in [-0.2, 0) is 26.2 Å². The minimum absolute atomic E-state index is 0.438. The average molecular weight is 602 g/mol. The number of aromatic nitrogens is 2. The van der Waals surface area contributed by atoms with Gasteiger partial charge < -0.3 is 9.80 Å². The number of rotatable bonds is 11. The molecule has 0 aliphatic heterocycles. The van der Waals surface area contributed by atoms with Gasteiger partial charge in [0.2, 0.25) is 0 Å². The number of hydrogen-bond donors (Lipinski definition) is 0. The number of anilines is 2. The molecule has 6 nitrogen and oxygen atoms in total. The van der Waals surface area contributed by atoms with E-state index in [1.807, 2.05) is 84.9 Å². The van der Waals surface area contributed by atoms with E-state index < -0.39 is 0 Å². The topological polar surface area (TPSA) is 73.1 Å². The predicted octanol–water partition coefficient (Wildman–Crippen LogP) is 8.26. The molecule has 0 bridgehead atoms. The zero-order valence-electron chi connectivity index (χ0n) is 25.6. The molecule has 226 valence electrons. The van der Waals surface area contributed by atoms with E-state index in [0.29, 0.717) is 11.4 Å². The maximum Gasteiger partial charge on any atom is 0.168 e. The van der Waals surface area contributed by atoms with Gasteiger partial charge in [-0.25, -0.2) is 4.98 Å². The van der Waals surface area contributed by atoms with Gasteiger partial charge in [0.15, 0.2) is 6.29 Å². The minimum Gasteiger partial charge on any atom is -0.362 e. The number of carbonyl (C=O) groups excluding carboxylic acids is 1. The van der Waals surface area contributed by atoms with Crippen molar-refractivity contribution in [3.63, 3.8) is 0 Å². The fraction of sp³-hybridized carbons (Fsp3) is 0.100. The molecule has 2 heterocycles. The first-order valence-corrected chi connectivity index (χ1v) is 15.1. The number of aldehydes is 1. The van der Waals surface area contributed by atoms with Crippen LogP contribution < -0.4 is 9.80 Å². The molecule has 0 saturated carbocycles. The molecule has 0 radical (unpaired) electrons. The number of benzene rings is 4. The van der Waals surface area contributed by atoms with Gasteiger partial charge in [-0.2, -0.15) is 5.26 Å². The summed E-state index contributed by atoms with van der Waals surface area (Å²) in [4.78, 5) is 23.7. The largest absolute Gasteiger partial charge is 0.362 e. The Bertz CT molecular complexity index is 1710. The molecule has 0 aliphatic rings. The summed E-state index contributed by atoms with van der Waals surface area (Å²) in [7, 11) is 0. The molecule has 6 aromatic rings. The van der Waals surface area contributed by atoms with E-state index >= 15 is 0 Å². The summed E-state index contributed by atoms with van der Waals surface area (Å²) >= 11 is 0. The summed E-state index contributed by atoms with van der Waals surface area (Å²) in [5.41, 5.74) is 7.87. The third-order valence-electron chi connectivity index (χ3n) is 7.35. The Kier molecular flexibility index (Phi) is 11.4. The van der Waals surface area contributed by atoms with Gasteiger partial charge in [-0.1, -0.05) is 121 Å². The van der Waals surface area contributed by atoms with Crippen molar-refractivity contribution in [2.75, 3.05) is 9.80 Å². The fourth-order valence-corrected chi connectivity index (χ4v) is 4.99. The van der Waals surface area contributed by atoms with E-state index in [9.17, 15) is 4.79 Å². The molecule has 6 heteroatoms. The monoisotopic (exact) mass is 601 g/mol. The Hall–Kier alpha value is -6.06. The van der Waals surface area contributed by atoms with E-state index in [4.69, 9.17) is 5.26 Å². The zero-order valence-corrected chi connectivity index (χ0v) is 25.6. The number of carbonyl (C=O) groups is 1. The van der Waals surface area contributed by atoms with Gasteiger partial charge in [0.1, 0.15) is 17.5 Å². The predicted molar refractivity (Wildman–Crippen MR) is 184 cm³/mol. The van der Waals surface area contributed by atoms with Crippen LogP contribution in [-0.4, -0.2) is 16.3 Å². The molecule has 0 saturated heterocycles. The van der Waals surface area contributed by atoms with Gasteiger partial charge >= 0.3 is 0 Å². The normalized spacial score (nSPS) is 10.2. The first kappa shape index (κ1) is 31.4. The average Bonchev–Trinajstić information content (AvgIpc) is 3.13. The van der Waals surface area contributed by atoms with Crippen LogP contribution in [0.2, 0.25) is 0 Å². The summed E-state index contributed by atoms with van der Waals surface area (Å²) in [6, 6.07) is 50.9. The van der Waals surface area contributed by atoms with E-state index in [0.717, 1.165) is 43.8 Å². The van der Waals surface area contributed by atoms with E-state index in [1.54, 1.807) is 24.5 Å². The molecule has 0 fully saturated rings. The van der Waals surface area contributed by atoms with Crippen molar-refractivity contribution in [1.82, 2.24) is 9.97 Å².